The van der Waals surface area contributed by atoms with E-state index in [9.17, 15) is 0 Å². The van der Waals surface area contributed by atoms with Gasteiger partial charge >= 0.3 is 0 Å². The van der Waals surface area contributed by atoms with Crippen LogP contribution < -0.4 is 5.32 Å². The first-order valence-corrected chi connectivity index (χ1v) is 5.21. The van der Waals surface area contributed by atoms with Crippen LogP contribution in [0.3, 0.4) is 0 Å². The van der Waals surface area contributed by atoms with E-state index in [0.29, 0.717) is 0 Å². The van der Waals surface area contributed by atoms with Crippen LogP contribution in [0.4, 0.5) is 0 Å². The molecule has 0 aliphatic carbocycles. The van der Waals surface area contributed by atoms with Crippen molar-refractivity contribution in [1.82, 2.24) is 20.4 Å². The predicted molar refractivity (Wildman–Crippen MR) is 63.5 cm³/mol. The Morgan fingerprint density at radius 3 is 2.47 bits per heavy atom. The Bertz CT molecular complexity index is 285. The normalized spacial score (nSPS) is 17.5. The lowest BCUT2D eigenvalue weighted by molar-refractivity contribution is 0.232. The number of piperazine rings is 1. The van der Waals surface area contributed by atoms with Crippen LogP contribution in [0.1, 0.15) is 17.0 Å². The Balaban J connectivity index is 0.00000112. The molecule has 0 aromatic carbocycles. The molecule has 1 saturated heterocycles. The van der Waals surface area contributed by atoms with E-state index in [1.165, 1.54) is 11.3 Å². The summed E-state index contributed by atoms with van der Waals surface area (Å²) in [5.41, 5.74) is 3.72. The van der Waals surface area contributed by atoms with Crippen molar-refractivity contribution in [3.63, 3.8) is 0 Å². The number of aryl methyl sites for hydroxylation is 2. The molecule has 0 spiro atoms. The van der Waals surface area contributed by atoms with Crippen molar-refractivity contribution < 1.29 is 0 Å². The molecule has 1 fully saturated rings. The summed E-state index contributed by atoms with van der Waals surface area (Å²) in [5, 5.41) is 10.6. The molecule has 86 valence electrons. The minimum Gasteiger partial charge on any atom is -0.314 e. The first-order chi connectivity index (χ1) is 6.77. The predicted octanol–water partition coefficient (Wildman–Crippen LogP) is 0.854. The van der Waals surface area contributed by atoms with Gasteiger partial charge in [0.15, 0.2) is 0 Å². The molecular formula is C10H19ClN4. The van der Waals surface area contributed by atoms with E-state index in [4.69, 9.17) is 0 Å². The zero-order valence-corrected chi connectivity index (χ0v) is 10.2. The number of nitrogens with zero attached hydrogens (tertiary/aromatic N) is 2. The lowest BCUT2D eigenvalue weighted by Crippen LogP contribution is -2.43. The van der Waals surface area contributed by atoms with Gasteiger partial charge in [0, 0.05) is 44.0 Å². The average molecular weight is 231 g/mol. The Kier molecular flexibility index (Phi) is 4.57. The summed E-state index contributed by atoms with van der Waals surface area (Å²) in [4.78, 5) is 2.47. The summed E-state index contributed by atoms with van der Waals surface area (Å²) in [6, 6.07) is 0. The van der Waals surface area contributed by atoms with Crippen LogP contribution >= 0.6 is 12.4 Å². The molecule has 0 unspecified atom stereocenters. The number of nitrogens with one attached hydrogen (secondary N) is 2. The molecule has 0 saturated carbocycles. The Morgan fingerprint density at radius 2 is 1.93 bits per heavy atom. The monoisotopic (exact) mass is 230 g/mol. The van der Waals surface area contributed by atoms with Crippen molar-refractivity contribution in [3.05, 3.63) is 17.0 Å². The van der Waals surface area contributed by atoms with Gasteiger partial charge in [-0.1, -0.05) is 0 Å². The van der Waals surface area contributed by atoms with Crippen molar-refractivity contribution in [2.75, 3.05) is 26.2 Å². The molecule has 5 heteroatoms. The van der Waals surface area contributed by atoms with Crippen molar-refractivity contribution >= 4 is 12.4 Å². The molecule has 2 rings (SSSR count). The molecule has 15 heavy (non-hydrogen) atoms. The van der Waals surface area contributed by atoms with Crippen LogP contribution in [-0.4, -0.2) is 41.3 Å². The highest BCUT2D eigenvalue weighted by Crippen LogP contribution is 2.12. The van der Waals surface area contributed by atoms with Gasteiger partial charge in [-0.3, -0.25) is 10.00 Å². The largest absolute Gasteiger partial charge is 0.314 e. The summed E-state index contributed by atoms with van der Waals surface area (Å²) in [6.07, 6.45) is 0. The second kappa shape index (κ2) is 5.49. The fraction of sp³-hybridized carbons (Fsp3) is 0.700. The second-order valence-corrected chi connectivity index (χ2v) is 3.94. The zero-order chi connectivity index (χ0) is 9.97. The summed E-state index contributed by atoms with van der Waals surface area (Å²) < 4.78 is 0. The number of halogens is 1. The van der Waals surface area contributed by atoms with Crippen molar-refractivity contribution in [2.24, 2.45) is 0 Å². The molecule has 0 bridgehead atoms. The third-order valence-corrected chi connectivity index (χ3v) is 2.87. The summed E-state index contributed by atoms with van der Waals surface area (Å²) in [6.45, 7) is 9.70. The van der Waals surface area contributed by atoms with Crippen LogP contribution in [0.15, 0.2) is 0 Å². The highest BCUT2D eigenvalue weighted by molar-refractivity contribution is 5.85. The molecule has 2 heterocycles. The van der Waals surface area contributed by atoms with Gasteiger partial charge in [0.25, 0.3) is 0 Å². The number of hydrogen-bond acceptors (Lipinski definition) is 3. The van der Waals surface area contributed by atoms with Crippen molar-refractivity contribution in [3.8, 4) is 0 Å². The molecule has 4 nitrogen and oxygen atoms in total. The van der Waals surface area contributed by atoms with Gasteiger partial charge in [-0.15, -0.1) is 12.4 Å². The van der Waals surface area contributed by atoms with E-state index in [-0.39, 0.29) is 12.4 Å². The number of aromatic amines is 1. The van der Waals surface area contributed by atoms with Gasteiger partial charge in [-0.05, 0) is 13.8 Å². The lowest BCUT2D eigenvalue weighted by atomic mass is 10.2. The van der Waals surface area contributed by atoms with Gasteiger partial charge in [0.1, 0.15) is 0 Å². The van der Waals surface area contributed by atoms with Crippen LogP contribution in [0.2, 0.25) is 0 Å². The van der Waals surface area contributed by atoms with E-state index < -0.39 is 0 Å². The van der Waals surface area contributed by atoms with E-state index in [1.807, 2.05) is 0 Å². The molecule has 0 radical (unpaired) electrons. The van der Waals surface area contributed by atoms with Gasteiger partial charge in [0.2, 0.25) is 0 Å². The fourth-order valence-electron chi connectivity index (χ4n) is 1.90. The van der Waals surface area contributed by atoms with E-state index in [0.717, 1.165) is 38.4 Å². The molecule has 1 aliphatic rings. The minimum atomic E-state index is 0. The average Bonchev–Trinajstić information content (AvgIpc) is 2.51. The smallest absolute Gasteiger partial charge is 0.0639 e. The number of rotatable bonds is 2. The maximum Gasteiger partial charge on any atom is 0.0639 e. The molecule has 1 aliphatic heterocycles. The Morgan fingerprint density at radius 1 is 1.27 bits per heavy atom. The van der Waals surface area contributed by atoms with E-state index in [1.54, 1.807) is 0 Å². The SMILES string of the molecule is Cc1n[nH]c(C)c1CN1CCNCC1.Cl. The van der Waals surface area contributed by atoms with Crippen molar-refractivity contribution in [1.29, 1.82) is 0 Å². The lowest BCUT2D eigenvalue weighted by Gasteiger charge is -2.27. The maximum atomic E-state index is 4.21. The standard InChI is InChI=1S/C10H18N4.ClH/c1-8-10(9(2)13-12-8)7-14-5-3-11-4-6-14;/h11H,3-7H2,1-2H3,(H,12,13);1H. The Hall–Kier alpha value is -0.580. The maximum absolute atomic E-state index is 4.21. The summed E-state index contributed by atoms with van der Waals surface area (Å²) >= 11 is 0. The quantitative estimate of drug-likeness (QED) is 0.792. The third kappa shape index (κ3) is 2.93. The number of H-pyrrole nitrogens is 1. The van der Waals surface area contributed by atoms with Crippen LogP contribution in [-0.2, 0) is 6.54 Å². The van der Waals surface area contributed by atoms with E-state index >= 15 is 0 Å². The molecule has 0 atom stereocenters. The molecule has 0 amide bonds. The molecule has 2 N–H and O–H groups in total. The summed E-state index contributed by atoms with van der Waals surface area (Å²) in [7, 11) is 0. The highest BCUT2D eigenvalue weighted by Gasteiger charge is 2.13. The number of aromatic nitrogens is 2. The van der Waals surface area contributed by atoms with Crippen LogP contribution in [0.5, 0.6) is 0 Å². The van der Waals surface area contributed by atoms with Crippen LogP contribution in [0.25, 0.3) is 0 Å². The van der Waals surface area contributed by atoms with Gasteiger partial charge in [-0.25, -0.2) is 0 Å². The van der Waals surface area contributed by atoms with Gasteiger partial charge in [-0.2, -0.15) is 5.10 Å². The van der Waals surface area contributed by atoms with Crippen LogP contribution in [0, 0.1) is 13.8 Å². The second-order valence-electron chi connectivity index (χ2n) is 3.94. The van der Waals surface area contributed by atoms with Gasteiger partial charge < -0.3 is 5.32 Å². The molecule has 1 aromatic heterocycles. The fourth-order valence-corrected chi connectivity index (χ4v) is 1.90. The Labute approximate surface area is 96.8 Å². The van der Waals surface area contributed by atoms with Crippen molar-refractivity contribution in [2.45, 2.75) is 20.4 Å². The zero-order valence-electron chi connectivity index (χ0n) is 9.34. The first-order valence-electron chi connectivity index (χ1n) is 5.21. The van der Waals surface area contributed by atoms with Gasteiger partial charge in [0.05, 0.1) is 5.69 Å². The third-order valence-electron chi connectivity index (χ3n) is 2.87. The topological polar surface area (TPSA) is 44.0 Å². The molecule has 1 aromatic rings. The number of hydrogen-bond donors (Lipinski definition) is 2. The van der Waals surface area contributed by atoms with E-state index in [2.05, 4.69) is 34.3 Å². The summed E-state index contributed by atoms with van der Waals surface area (Å²) in [5.74, 6) is 0. The molecular weight excluding hydrogens is 212 g/mol. The highest BCUT2D eigenvalue weighted by atomic mass is 35.5. The first kappa shape index (κ1) is 12.5. The minimum absolute atomic E-state index is 0.